The van der Waals surface area contributed by atoms with E-state index in [0.29, 0.717) is 0 Å². The number of benzene rings is 1. The van der Waals surface area contributed by atoms with Gasteiger partial charge in [0.2, 0.25) is 0 Å². The summed E-state index contributed by atoms with van der Waals surface area (Å²) in [7, 11) is 0. The average Bonchev–Trinajstić information content (AvgIpc) is 2.72. The van der Waals surface area contributed by atoms with Gasteiger partial charge in [0.15, 0.2) is 0 Å². The smallest absolute Gasteiger partial charge is 0.0998 e. The topological polar surface area (TPSA) is 38.1 Å². The normalized spacial score (nSPS) is 13.4. The molecule has 16 heavy (non-hydrogen) atoms. The molecule has 1 aromatic heterocycles. The molecule has 0 unspecified atom stereocenters. The third kappa shape index (κ3) is 1.21. The molecular weight excluding hydrogens is 200 g/mol. The number of hydrogen-bond donors (Lipinski definition) is 1. The number of aromatic nitrogens is 2. The number of fused-ring (bicyclic) bond motifs is 3. The van der Waals surface area contributed by atoms with Crippen molar-refractivity contribution in [3.8, 4) is 5.69 Å². The molecule has 2 aromatic rings. The van der Waals surface area contributed by atoms with Crippen LogP contribution in [0.5, 0.6) is 0 Å². The number of imidazole rings is 1. The van der Waals surface area contributed by atoms with Crippen molar-refractivity contribution in [3.05, 3.63) is 47.0 Å². The van der Waals surface area contributed by atoms with Crippen LogP contribution in [0.25, 0.3) is 5.69 Å². The van der Waals surface area contributed by atoms with E-state index in [0.717, 1.165) is 24.2 Å². The summed E-state index contributed by atoms with van der Waals surface area (Å²) in [5, 5.41) is 9.21. The van der Waals surface area contributed by atoms with Gasteiger partial charge < -0.3 is 9.67 Å². The quantitative estimate of drug-likeness (QED) is 0.785. The first-order valence-corrected chi connectivity index (χ1v) is 5.56. The minimum absolute atomic E-state index is 0.0312. The molecule has 0 amide bonds. The Morgan fingerprint density at radius 2 is 2.25 bits per heavy atom. The van der Waals surface area contributed by atoms with E-state index in [1.807, 2.05) is 6.33 Å². The molecule has 1 N–H and O–H groups in total. The van der Waals surface area contributed by atoms with Crippen molar-refractivity contribution >= 4 is 0 Å². The Bertz CT molecular complexity index is 543. The summed E-state index contributed by atoms with van der Waals surface area (Å²) in [6.07, 6.45) is 3.83. The van der Waals surface area contributed by atoms with E-state index in [2.05, 4.69) is 34.7 Å². The second kappa shape index (κ2) is 3.46. The molecule has 3 heteroatoms. The fourth-order valence-electron chi connectivity index (χ4n) is 2.50. The standard InChI is InChI=1S/C13H14N2O/c1-9-3-2-4-12-10(9)5-6-13-11(7-16)14-8-15(12)13/h2-4,8,16H,5-7H2,1H3. The summed E-state index contributed by atoms with van der Waals surface area (Å²) in [6.45, 7) is 2.18. The van der Waals surface area contributed by atoms with Gasteiger partial charge in [-0.3, -0.25) is 0 Å². The lowest BCUT2D eigenvalue weighted by molar-refractivity contribution is 0.276. The number of hydrogen-bond acceptors (Lipinski definition) is 2. The maximum atomic E-state index is 9.21. The van der Waals surface area contributed by atoms with Gasteiger partial charge in [-0.05, 0) is 37.0 Å². The van der Waals surface area contributed by atoms with Crippen LogP contribution in [-0.4, -0.2) is 14.7 Å². The van der Waals surface area contributed by atoms with Gasteiger partial charge in [-0.2, -0.15) is 0 Å². The molecule has 0 fully saturated rings. The van der Waals surface area contributed by atoms with Gasteiger partial charge >= 0.3 is 0 Å². The van der Waals surface area contributed by atoms with Crippen molar-refractivity contribution in [1.82, 2.24) is 9.55 Å². The van der Waals surface area contributed by atoms with E-state index in [1.54, 1.807) is 0 Å². The highest BCUT2D eigenvalue weighted by Gasteiger charge is 2.19. The van der Waals surface area contributed by atoms with Crippen molar-refractivity contribution in [2.24, 2.45) is 0 Å². The van der Waals surface area contributed by atoms with E-state index in [9.17, 15) is 5.11 Å². The third-order valence-electron chi connectivity index (χ3n) is 3.36. The Balaban J connectivity index is 2.24. The summed E-state index contributed by atoms with van der Waals surface area (Å²) >= 11 is 0. The van der Waals surface area contributed by atoms with Crippen LogP contribution in [0.4, 0.5) is 0 Å². The fourth-order valence-corrected chi connectivity index (χ4v) is 2.50. The SMILES string of the molecule is Cc1cccc2c1CCc1c(CO)ncn1-2. The first-order chi connectivity index (χ1) is 7.81. The Kier molecular flexibility index (Phi) is 2.07. The summed E-state index contributed by atoms with van der Waals surface area (Å²) in [6, 6.07) is 6.34. The molecule has 0 spiro atoms. The largest absolute Gasteiger partial charge is 0.390 e. The minimum Gasteiger partial charge on any atom is -0.390 e. The molecular formula is C13H14N2O. The molecule has 2 heterocycles. The molecule has 1 aromatic carbocycles. The van der Waals surface area contributed by atoms with Gasteiger partial charge in [-0.25, -0.2) is 4.98 Å². The van der Waals surface area contributed by atoms with Gasteiger partial charge in [0, 0.05) is 5.69 Å². The molecule has 0 aliphatic carbocycles. The first kappa shape index (κ1) is 9.60. The number of rotatable bonds is 1. The van der Waals surface area contributed by atoms with Crippen molar-refractivity contribution in [2.45, 2.75) is 26.4 Å². The van der Waals surface area contributed by atoms with Gasteiger partial charge in [0.05, 0.1) is 24.3 Å². The van der Waals surface area contributed by atoms with Crippen LogP contribution in [-0.2, 0) is 19.4 Å². The van der Waals surface area contributed by atoms with Crippen molar-refractivity contribution in [2.75, 3.05) is 0 Å². The number of nitrogens with zero attached hydrogens (tertiary/aromatic N) is 2. The van der Waals surface area contributed by atoms with Crippen LogP contribution in [0.1, 0.15) is 22.5 Å². The lowest BCUT2D eigenvalue weighted by Gasteiger charge is -2.21. The van der Waals surface area contributed by atoms with E-state index in [1.165, 1.54) is 16.8 Å². The number of aliphatic hydroxyl groups excluding tert-OH is 1. The summed E-state index contributed by atoms with van der Waals surface area (Å²) < 4.78 is 2.11. The maximum Gasteiger partial charge on any atom is 0.0998 e. The summed E-state index contributed by atoms with van der Waals surface area (Å²) in [5.41, 5.74) is 5.92. The van der Waals surface area contributed by atoms with E-state index in [4.69, 9.17) is 0 Å². The Morgan fingerprint density at radius 3 is 3.06 bits per heavy atom. The van der Waals surface area contributed by atoms with E-state index in [-0.39, 0.29) is 6.61 Å². The molecule has 0 atom stereocenters. The third-order valence-corrected chi connectivity index (χ3v) is 3.36. The zero-order valence-electron chi connectivity index (χ0n) is 9.27. The van der Waals surface area contributed by atoms with Crippen molar-refractivity contribution < 1.29 is 5.11 Å². The molecule has 3 rings (SSSR count). The van der Waals surface area contributed by atoms with E-state index >= 15 is 0 Å². The predicted octanol–water partition coefficient (Wildman–Crippen LogP) is 1.77. The lowest BCUT2D eigenvalue weighted by atomic mass is 9.96. The fraction of sp³-hybridized carbons (Fsp3) is 0.308. The van der Waals surface area contributed by atoms with Gasteiger partial charge in [-0.15, -0.1) is 0 Å². The molecule has 3 nitrogen and oxygen atoms in total. The Morgan fingerprint density at radius 1 is 1.38 bits per heavy atom. The second-order valence-corrected chi connectivity index (χ2v) is 4.24. The Hall–Kier alpha value is -1.61. The van der Waals surface area contributed by atoms with Crippen LogP contribution in [0.2, 0.25) is 0 Å². The molecule has 1 aliphatic heterocycles. The molecule has 0 radical (unpaired) electrons. The van der Waals surface area contributed by atoms with E-state index < -0.39 is 0 Å². The van der Waals surface area contributed by atoms with Gasteiger partial charge in [0.1, 0.15) is 0 Å². The second-order valence-electron chi connectivity index (χ2n) is 4.24. The molecule has 0 bridgehead atoms. The lowest BCUT2D eigenvalue weighted by Crippen LogP contribution is -2.13. The van der Waals surface area contributed by atoms with Crippen LogP contribution < -0.4 is 0 Å². The zero-order valence-corrected chi connectivity index (χ0v) is 9.27. The average molecular weight is 214 g/mol. The minimum atomic E-state index is 0.0312. The number of aryl methyl sites for hydroxylation is 1. The van der Waals surface area contributed by atoms with Crippen LogP contribution in [0.3, 0.4) is 0 Å². The Labute approximate surface area is 94.4 Å². The maximum absolute atomic E-state index is 9.21. The highest BCUT2D eigenvalue weighted by atomic mass is 16.3. The summed E-state index contributed by atoms with van der Waals surface area (Å²) in [4.78, 5) is 4.26. The highest BCUT2D eigenvalue weighted by molar-refractivity contribution is 5.50. The molecule has 82 valence electrons. The van der Waals surface area contributed by atoms with Crippen LogP contribution in [0.15, 0.2) is 24.5 Å². The van der Waals surface area contributed by atoms with Gasteiger partial charge in [0.25, 0.3) is 0 Å². The van der Waals surface area contributed by atoms with Crippen LogP contribution >= 0.6 is 0 Å². The molecule has 0 saturated carbocycles. The summed E-state index contributed by atoms with van der Waals surface area (Å²) in [5.74, 6) is 0. The zero-order chi connectivity index (χ0) is 11.1. The molecule has 0 saturated heterocycles. The van der Waals surface area contributed by atoms with Crippen molar-refractivity contribution in [1.29, 1.82) is 0 Å². The van der Waals surface area contributed by atoms with Gasteiger partial charge in [-0.1, -0.05) is 12.1 Å². The van der Waals surface area contributed by atoms with Crippen LogP contribution in [0, 0.1) is 6.92 Å². The first-order valence-electron chi connectivity index (χ1n) is 5.56. The number of aliphatic hydroxyl groups is 1. The van der Waals surface area contributed by atoms with Crippen molar-refractivity contribution in [3.63, 3.8) is 0 Å². The predicted molar refractivity (Wildman–Crippen MR) is 61.6 cm³/mol. The highest BCUT2D eigenvalue weighted by Crippen LogP contribution is 2.28. The molecule has 1 aliphatic rings. The monoisotopic (exact) mass is 214 g/mol.